The van der Waals surface area contributed by atoms with Crippen molar-refractivity contribution >= 4 is 22.9 Å². The van der Waals surface area contributed by atoms with Gasteiger partial charge in [-0.1, -0.05) is 31.3 Å². The zero-order chi connectivity index (χ0) is 15.1. The zero-order valence-corrected chi connectivity index (χ0v) is 13.8. The molecule has 3 rings (SSSR count). The molecule has 0 spiro atoms. The summed E-state index contributed by atoms with van der Waals surface area (Å²) in [6.45, 7) is 9.35. The molecule has 1 aliphatic rings. The first-order valence-electron chi connectivity index (χ1n) is 7.40. The minimum atomic E-state index is 0.781. The van der Waals surface area contributed by atoms with Crippen molar-refractivity contribution in [3.8, 4) is 0 Å². The smallest absolute Gasteiger partial charge is 0.116 e. The Balaban J connectivity index is 2.09. The van der Waals surface area contributed by atoms with Gasteiger partial charge in [0.15, 0.2) is 0 Å². The Bertz CT molecular complexity index is 734. The van der Waals surface area contributed by atoms with Crippen molar-refractivity contribution in [3.63, 3.8) is 0 Å². The number of hydrogen-bond donors (Lipinski definition) is 0. The monoisotopic (exact) mass is 296 g/mol. The third-order valence-corrected chi connectivity index (χ3v) is 4.71. The lowest BCUT2D eigenvalue weighted by atomic mass is 9.99. The Morgan fingerprint density at radius 2 is 2.00 bits per heavy atom. The molecule has 0 N–H and O–H groups in total. The molecular formula is C18H20N2S. The summed E-state index contributed by atoms with van der Waals surface area (Å²) in [4.78, 5) is 7.92. The number of pyridine rings is 1. The fourth-order valence-electron chi connectivity index (χ4n) is 3.24. The highest BCUT2D eigenvalue weighted by Crippen LogP contribution is 2.32. The Morgan fingerprint density at radius 3 is 2.67 bits per heavy atom. The molecule has 0 radical (unpaired) electrons. The SMILES string of the molecule is CCc1c(C)nc2c(c1C)C(=S)N(c1cccc(C)c1)C2. The maximum Gasteiger partial charge on any atom is 0.116 e. The molecule has 0 fully saturated rings. The summed E-state index contributed by atoms with van der Waals surface area (Å²) in [5, 5.41) is 0. The summed E-state index contributed by atoms with van der Waals surface area (Å²) in [6.07, 6.45) is 1.00. The minimum Gasteiger partial charge on any atom is -0.326 e. The van der Waals surface area contributed by atoms with Crippen LogP contribution in [0.2, 0.25) is 0 Å². The number of nitrogens with zero attached hydrogens (tertiary/aromatic N) is 2. The van der Waals surface area contributed by atoms with Crippen molar-refractivity contribution in [2.45, 2.75) is 40.7 Å². The molecule has 21 heavy (non-hydrogen) atoms. The summed E-state index contributed by atoms with van der Waals surface area (Å²) in [7, 11) is 0. The Hall–Kier alpha value is -1.74. The van der Waals surface area contributed by atoms with E-state index in [0.717, 1.165) is 35.0 Å². The van der Waals surface area contributed by atoms with Gasteiger partial charge in [-0.05, 0) is 56.0 Å². The van der Waals surface area contributed by atoms with Crippen molar-refractivity contribution in [3.05, 3.63) is 57.9 Å². The van der Waals surface area contributed by atoms with Gasteiger partial charge in [-0.3, -0.25) is 4.98 Å². The summed E-state index contributed by atoms with van der Waals surface area (Å²) in [6, 6.07) is 8.49. The molecule has 0 saturated carbocycles. The molecular weight excluding hydrogens is 276 g/mol. The maximum atomic E-state index is 5.74. The van der Waals surface area contributed by atoms with E-state index in [1.54, 1.807) is 0 Å². The van der Waals surface area contributed by atoms with Crippen LogP contribution in [0.5, 0.6) is 0 Å². The number of anilines is 1. The summed E-state index contributed by atoms with van der Waals surface area (Å²) in [5.74, 6) is 0. The van der Waals surface area contributed by atoms with Gasteiger partial charge in [-0.25, -0.2) is 0 Å². The number of thiocarbonyl (C=S) groups is 1. The lowest BCUT2D eigenvalue weighted by Crippen LogP contribution is -2.22. The predicted molar refractivity (Wildman–Crippen MR) is 92.2 cm³/mol. The molecule has 0 atom stereocenters. The predicted octanol–water partition coefficient (Wildman–Crippen LogP) is 4.26. The van der Waals surface area contributed by atoms with E-state index in [-0.39, 0.29) is 0 Å². The molecule has 2 heterocycles. The van der Waals surface area contributed by atoms with Crippen LogP contribution in [-0.2, 0) is 13.0 Å². The van der Waals surface area contributed by atoms with Gasteiger partial charge in [0, 0.05) is 16.9 Å². The van der Waals surface area contributed by atoms with Crippen molar-refractivity contribution in [1.82, 2.24) is 4.98 Å². The Kier molecular flexibility index (Phi) is 3.54. The second-order valence-electron chi connectivity index (χ2n) is 5.71. The van der Waals surface area contributed by atoms with Gasteiger partial charge in [-0.2, -0.15) is 0 Å². The van der Waals surface area contributed by atoms with Gasteiger partial charge >= 0.3 is 0 Å². The molecule has 2 aromatic rings. The molecule has 2 nitrogen and oxygen atoms in total. The molecule has 1 aromatic heterocycles. The van der Waals surface area contributed by atoms with E-state index in [1.165, 1.54) is 22.3 Å². The van der Waals surface area contributed by atoms with Crippen LogP contribution in [0, 0.1) is 20.8 Å². The number of fused-ring (bicyclic) bond motifs is 1. The molecule has 1 aromatic carbocycles. The first-order valence-corrected chi connectivity index (χ1v) is 7.81. The van der Waals surface area contributed by atoms with E-state index in [0.29, 0.717) is 0 Å². The fraction of sp³-hybridized carbons (Fsp3) is 0.333. The third kappa shape index (κ3) is 2.26. The van der Waals surface area contributed by atoms with E-state index in [1.807, 2.05) is 0 Å². The third-order valence-electron chi connectivity index (χ3n) is 4.29. The summed E-state index contributed by atoms with van der Waals surface area (Å²) in [5.41, 5.74) is 8.49. The lowest BCUT2D eigenvalue weighted by molar-refractivity contribution is 0.943. The Morgan fingerprint density at radius 1 is 1.24 bits per heavy atom. The minimum absolute atomic E-state index is 0.781. The molecule has 108 valence electrons. The molecule has 1 aliphatic heterocycles. The average Bonchev–Trinajstić information content (AvgIpc) is 2.76. The van der Waals surface area contributed by atoms with E-state index < -0.39 is 0 Å². The van der Waals surface area contributed by atoms with Gasteiger partial charge in [0.25, 0.3) is 0 Å². The fourth-order valence-corrected chi connectivity index (χ4v) is 3.69. The number of aromatic nitrogens is 1. The molecule has 0 aliphatic carbocycles. The van der Waals surface area contributed by atoms with E-state index >= 15 is 0 Å². The van der Waals surface area contributed by atoms with E-state index in [2.05, 4.69) is 56.9 Å². The first-order chi connectivity index (χ1) is 10.0. The zero-order valence-electron chi connectivity index (χ0n) is 13.0. The van der Waals surface area contributed by atoms with Crippen molar-refractivity contribution in [1.29, 1.82) is 0 Å². The first kappa shape index (κ1) is 14.2. The summed E-state index contributed by atoms with van der Waals surface area (Å²) >= 11 is 5.74. The van der Waals surface area contributed by atoms with Gasteiger partial charge in [0.2, 0.25) is 0 Å². The normalized spacial score (nSPS) is 13.7. The largest absolute Gasteiger partial charge is 0.326 e. The average molecular weight is 296 g/mol. The van der Waals surface area contributed by atoms with Crippen molar-refractivity contribution in [2.75, 3.05) is 4.90 Å². The Labute approximate surface area is 131 Å². The highest BCUT2D eigenvalue weighted by atomic mass is 32.1. The van der Waals surface area contributed by atoms with Gasteiger partial charge in [0.1, 0.15) is 4.99 Å². The van der Waals surface area contributed by atoms with Gasteiger partial charge < -0.3 is 4.90 Å². The van der Waals surface area contributed by atoms with Crippen LogP contribution in [0.4, 0.5) is 5.69 Å². The molecule has 0 saturated heterocycles. The van der Waals surface area contributed by atoms with Gasteiger partial charge in [-0.15, -0.1) is 0 Å². The van der Waals surface area contributed by atoms with E-state index in [9.17, 15) is 0 Å². The lowest BCUT2D eigenvalue weighted by Gasteiger charge is -2.18. The van der Waals surface area contributed by atoms with Crippen molar-refractivity contribution in [2.24, 2.45) is 0 Å². The number of aryl methyl sites for hydroxylation is 2. The van der Waals surface area contributed by atoms with Crippen LogP contribution in [0.3, 0.4) is 0 Å². The van der Waals surface area contributed by atoms with Crippen LogP contribution in [0.25, 0.3) is 0 Å². The van der Waals surface area contributed by atoms with Crippen molar-refractivity contribution < 1.29 is 0 Å². The molecule has 0 unspecified atom stereocenters. The standard InChI is InChI=1S/C18H20N2S/c1-5-15-12(3)17-16(19-13(15)4)10-20(18(17)21)14-8-6-7-11(2)9-14/h6-9H,5,10H2,1-4H3. The number of benzene rings is 1. The van der Waals surface area contributed by atoms with Crippen LogP contribution < -0.4 is 4.90 Å². The van der Waals surface area contributed by atoms with Gasteiger partial charge in [0.05, 0.1) is 12.2 Å². The topological polar surface area (TPSA) is 16.1 Å². The van der Waals surface area contributed by atoms with Crippen LogP contribution in [-0.4, -0.2) is 9.97 Å². The van der Waals surface area contributed by atoms with Crippen LogP contribution in [0.15, 0.2) is 24.3 Å². The highest BCUT2D eigenvalue weighted by molar-refractivity contribution is 7.81. The summed E-state index contributed by atoms with van der Waals surface area (Å²) < 4.78 is 0. The second kappa shape index (κ2) is 5.23. The molecule has 0 amide bonds. The molecule has 3 heteroatoms. The molecule has 0 bridgehead atoms. The quantitative estimate of drug-likeness (QED) is 0.770. The van der Waals surface area contributed by atoms with Crippen LogP contribution in [0.1, 0.15) is 40.6 Å². The highest BCUT2D eigenvalue weighted by Gasteiger charge is 2.29. The van der Waals surface area contributed by atoms with E-state index in [4.69, 9.17) is 17.2 Å². The number of hydrogen-bond acceptors (Lipinski definition) is 2. The number of rotatable bonds is 2. The van der Waals surface area contributed by atoms with Crippen LogP contribution >= 0.6 is 12.2 Å². The maximum absolute atomic E-state index is 5.74. The second-order valence-corrected chi connectivity index (χ2v) is 6.09.